The first kappa shape index (κ1) is 23.2. The number of fused-ring (bicyclic) bond motifs is 2. The van der Waals surface area contributed by atoms with E-state index in [2.05, 4.69) is 103 Å². The molecule has 0 amide bonds. The molecule has 0 aromatic heterocycles. The molecule has 2 fully saturated rings. The Morgan fingerprint density at radius 1 is 0.459 bits per heavy atom. The van der Waals surface area contributed by atoms with Gasteiger partial charge in [-0.15, -0.1) is 0 Å². The highest BCUT2D eigenvalue weighted by atomic mass is 31.1. The number of benzene rings is 5. The summed E-state index contributed by atoms with van der Waals surface area (Å²) in [5.41, 5.74) is 7.41. The predicted molar refractivity (Wildman–Crippen MR) is 163 cm³/mol. The fourth-order valence-corrected chi connectivity index (χ4v) is 11.2. The molecule has 5 aromatic rings. The minimum absolute atomic E-state index is 0.212. The Hall–Kier alpha value is -2.95. The van der Waals surface area contributed by atoms with Crippen molar-refractivity contribution in [1.82, 2.24) is 0 Å². The molecule has 2 saturated carbocycles. The average Bonchev–Trinajstić information content (AvgIpc) is 3.69. The number of hydrogen-bond acceptors (Lipinski definition) is 0. The van der Waals surface area contributed by atoms with Crippen LogP contribution >= 0.6 is 7.92 Å². The van der Waals surface area contributed by atoms with Gasteiger partial charge in [0.1, 0.15) is 0 Å². The molecule has 0 nitrogen and oxygen atoms in total. The Morgan fingerprint density at radius 2 is 0.973 bits per heavy atom. The van der Waals surface area contributed by atoms with E-state index in [9.17, 15) is 0 Å². The molecular formula is C36H35P. The van der Waals surface area contributed by atoms with Crippen molar-refractivity contribution in [3.63, 3.8) is 0 Å². The fourth-order valence-electron chi connectivity index (χ4n) is 7.19. The summed E-state index contributed by atoms with van der Waals surface area (Å²) in [5.74, 6) is 0. The Balaban J connectivity index is 1.59. The third-order valence-corrected chi connectivity index (χ3v) is 12.4. The van der Waals surface area contributed by atoms with Crippen LogP contribution < -0.4 is 5.30 Å². The lowest BCUT2D eigenvalue weighted by molar-refractivity contribution is 0.835. The number of hydrogen-bond donors (Lipinski definition) is 0. The molecule has 1 heteroatoms. The molecule has 2 aliphatic rings. The van der Waals surface area contributed by atoms with Crippen LogP contribution in [0.2, 0.25) is 0 Å². The van der Waals surface area contributed by atoms with E-state index in [1.165, 1.54) is 95.2 Å². The second kappa shape index (κ2) is 10.1. The van der Waals surface area contributed by atoms with Gasteiger partial charge in [-0.3, -0.25) is 0 Å². The zero-order chi connectivity index (χ0) is 24.6. The van der Waals surface area contributed by atoms with E-state index in [0.29, 0.717) is 0 Å². The average molecular weight is 499 g/mol. The van der Waals surface area contributed by atoms with Gasteiger partial charge in [-0.05, 0) is 86.1 Å². The van der Waals surface area contributed by atoms with Crippen molar-refractivity contribution in [3.8, 4) is 22.3 Å². The van der Waals surface area contributed by atoms with Gasteiger partial charge in [0.15, 0.2) is 0 Å². The summed E-state index contributed by atoms with van der Waals surface area (Å²) in [6.45, 7) is 0. The van der Waals surface area contributed by atoms with Crippen LogP contribution in [0.5, 0.6) is 0 Å². The molecule has 0 bridgehead atoms. The van der Waals surface area contributed by atoms with Crippen molar-refractivity contribution in [3.05, 3.63) is 103 Å². The maximum absolute atomic E-state index is 2.57. The quantitative estimate of drug-likeness (QED) is 0.211. The first-order valence-corrected chi connectivity index (χ1v) is 15.7. The van der Waals surface area contributed by atoms with E-state index < -0.39 is 0 Å². The van der Waals surface area contributed by atoms with Crippen LogP contribution in [0.3, 0.4) is 0 Å². The van der Waals surface area contributed by atoms with Crippen molar-refractivity contribution in [1.29, 1.82) is 0 Å². The second-order valence-electron chi connectivity index (χ2n) is 11.0. The zero-order valence-electron chi connectivity index (χ0n) is 21.6. The van der Waals surface area contributed by atoms with Crippen LogP contribution in [-0.2, 0) is 0 Å². The van der Waals surface area contributed by atoms with E-state index >= 15 is 0 Å². The van der Waals surface area contributed by atoms with Gasteiger partial charge in [0, 0.05) is 0 Å². The summed E-state index contributed by atoms with van der Waals surface area (Å²) >= 11 is 0. The van der Waals surface area contributed by atoms with Crippen LogP contribution in [0, 0.1) is 0 Å². The Morgan fingerprint density at radius 3 is 1.59 bits per heavy atom. The summed E-state index contributed by atoms with van der Waals surface area (Å²) in [7, 11) is -0.212. The lowest BCUT2D eigenvalue weighted by Crippen LogP contribution is -2.21. The van der Waals surface area contributed by atoms with Gasteiger partial charge in [0.2, 0.25) is 0 Å². The van der Waals surface area contributed by atoms with Crippen LogP contribution in [0.4, 0.5) is 0 Å². The molecule has 7 rings (SSSR count). The van der Waals surface area contributed by atoms with Crippen molar-refractivity contribution >= 4 is 34.8 Å². The zero-order valence-corrected chi connectivity index (χ0v) is 22.5. The first-order chi connectivity index (χ1) is 18.4. The lowest BCUT2D eigenvalue weighted by atomic mass is 9.87. The monoisotopic (exact) mass is 498 g/mol. The molecule has 0 spiro atoms. The van der Waals surface area contributed by atoms with Crippen LogP contribution in [0.25, 0.3) is 43.8 Å². The van der Waals surface area contributed by atoms with Gasteiger partial charge >= 0.3 is 0 Å². The SMILES string of the molecule is c1ccc(-c2ccc3ccccc3c2-c2c(P(C3CCCC3)C3CCCC3)ccc3ccccc23)cc1. The summed E-state index contributed by atoms with van der Waals surface area (Å²) in [4.78, 5) is 0. The topological polar surface area (TPSA) is 0 Å². The Kier molecular flexibility index (Phi) is 6.31. The first-order valence-electron chi connectivity index (χ1n) is 14.3. The third-order valence-electron chi connectivity index (χ3n) is 8.89. The normalized spacial score (nSPS) is 16.9. The minimum atomic E-state index is -0.212. The van der Waals surface area contributed by atoms with Crippen LogP contribution in [0.1, 0.15) is 51.4 Å². The molecule has 0 radical (unpaired) electrons. The van der Waals surface area contributed by atoms with Gasteiger partial charge in [-0.25, -0.2) is 0 Å². The highest BCUT2D eigenvalue weighted by Crippen LogP contribution is 2.58. The van der Waals surface area contributed by atoms with E-state index in [1.807, 2.05) is 0 Å². The van der Waals surface area contributed by atoms with E-state index in [1.54, 1.807) is 5.30 Å². The van der Waals surface area contributed by atoms with Crippen molar-refractivity contribution < 1.29 is 0 Å². The Labute approximate surface area is 222 Å². The molecule has 0 saturated heterocycles. The van der Waals surface area contributed by atoms with Crippen molar-refractivity contribution in [2.24, 2.45) is 0 Å². The predicted octanol–water partition coefficient (Wildman–Crippen LogP) is 10.3. The van der Waals surface area contributed by atoms with Crippen LogP contribution in [-0.4, -0.2) is 11.3 Å². The summed E-state index contributed by atoms with van der Waals surface area (Å²) in [6, 6.07) is 39.0. The van der Waals surface area contributed by atoms with Crippen molar-refractivity contribution in [2.75, 3.05) is 0 Å². The molecule has 5 aromatic carbocycles. The molecule has 2 aliphatic carbocycles. The highest BCUT2D eigenvalue weighted by molar-refractivity contribution is 7.67. The highest BCUT2D eigenvalue weighted by Gasteiger charge is 2.36. The maximum atomic E-state index is 2.57. The molecule has 0 heterocycles. The van der Waals surface area contributed by atoms with Gasteiger partial charge in [-0.1, -0.05) is 137 Å². The summed E-state index contributed by atoms with van der Waals surface area (Å²) in [6.07, 6.45) is 11.4. The van der Waals surface area contributed by atoms with Gasteiger partial charge < -0.3 is 0 Å². The maximum Gasteiger partial charge on any atom is -0.00141 e. The Bertz CT molecular complexity index is 1520. The molecule has 37 heavy (non-hydrogen) atoms. The summed E-state index contributed by atoms with van der Waals surface area (Å²) in [5, 5.41) is 7.19. The van der Waals surface area contributed by atoms with Crippen molar-refractivity contribution in [2.45, 2.75) is 62.7 Å². The van der Waals surface area contributed by atoms with E-state index in [-0.39, 0.29) is 7.92 Å². The van der Waals surface area contributed by atoms with Gasteiger partial charge in [0.05, 0.1) is 0 Å². The third kappa shape index (κ3) is 4.20. The molecule has 184 valence electrons. The molecule has 0 aliphatic heterocycles. The molecule has 0 atom stereocenters. The van der Waals surface area contributed by atoms with Gasteiger partial charge in [0.25, 0.3) is 0 Å². The summed E-state index contributed by atoms with van der Waals surface area (Å²) < 4.78 is 0. The smallest absolute Gasteiger partial charge is 0.00141 e. The largest absolute Gasteiger partial charge is 0.0683 e. The standard InChI is InChI=1S/C36H35P/c1-2-12-26(13-3-1)33-24-22-27-14-4-10-20-31(27)35(33)36-32-21-11-5-15-28(32)23-25-34(36)37(29-16-6-7-17-29)30-18-8-9-19-30/h1-5,10-15,20-25,29-30H,6-9,16-19H2. The lowest BCUT2D eigenvalue weighted by Gasteiger charge is -2.33. The number of rotatable bonds is 5. The molecular weight excluding hydrogens is 463 g/mol. The van der Waals surface area contributed by atoms with Gasteiger partial charge in [-0.2, -0.15) is 0 Å². The fraction of sp³-hybridized carbons (Fsp3) is 0.278. The molecule has 0 unspecified atom stereocenters. The minimum Gasteiger partial charge on any atom is -0.0683 e. The van der Waals surface area contributed by atoms with Crippen LogP contribution in [0.15, 0.2) is 103 Å². The van der Waals surface area contributed by atoms with E-state index in [0.717, 1.165) is 11.3 Å². The second-order valence-corrected chi connectivity index (χ2v) is 13.8. The van der Waals surface area contributed by atoms with E-state index in [4.69, 9.17) is 0 Å². The molecule has 0 N–H and O–H groups in total.